The lowest BCUT2D eigenvalue weighted by molar-refractivity contribution is -0.138. The summed E-state index contributed by atoms with van der Waals surface area (Å²) in [6.45, 7) is 0. The van der Waals surface area contributed by atoms with Crippen LogP contribution in [-0.2, 0) is 4.79 Å². The summed E-state index contributed by atoms with van der Waals surface area (Å²) in [6, 6.07) is -1.30. The van der Waals surface area contributed by atoms with Crippen LogP contribution in [0.5, 0.6) is 0 Å². The molecule has 1 aromatic heterocycles. The third-order valence-corrected chi connectivity index (χ3v) is 1.97. The number of hydrogen-bond donors (Lipinski definition) is 2. The second-order valence-corrected chi connectivity index (χ2v) is 2.90. The number of carboxylic acids is 1. The van der Waals surface area contributed by atoms with E-state index in [1.165, 1.54) is 0 Å². The summed E-state index contributed by atoms with van der Waals surface area (Å²) < 4.78 is 0. The second kappa shape index (κ2) is 3.87. The molecule has 1 heterocycles. The number of nitrogens with zero attached hydrogens (tertiary/aromatic N) is 2. The molecule has 0 saturated heterocycles. The van der Waals surface area contributed by atoms with Crippen molar-refractivity contribution in [3.63, 3.8) is 0 Å². The van der Waals surface area contributed by atoms with Crippen molar-refractivity contribution in [1.82, 2.24) is 9.97 Å². The van der Waals surface area contributed by atoms with Gasteiger partial charge in [-0.05, 0) is 0 Å². The van der Waals surface area contributed by atoms with Crippen LogP contribution in [0.3, 0.4) is 0 Å². The van der Waals surface area contributed by atoms with Crippen molar-refractivity contribution in [3.05, 3.63) is 22.2 Å². The molecule has 0 aliphatic heterocycles. The molecule has 0 amide bonds. The van der Waals surface area contributed by atoms with Crippen LogP contribution in [0.2, 0.25) is 10.3 Å². The second-order valence-electron chi connectivity index (χ2n) is 2.18. The monoisotopic (exact) mass is 221 g/mol. The van der Waals surface area contributed by atoms with Crippen molar-refractivity contribution in [3.8, 4) is 0 Å². The molecule has 7 heteroatoms. The molecular formula is C6H5Cl2N3O2. The lowest BCUT2D eigenvalue weighted by Crippen LogP contribution is -2.22. The van der Waals surface area contributed by atoms with E-state index in [9.17, 15) is 4.79 Å². The smallest absolute Gasteiger partial charge is 0.325 e. The van der Waals surface area contributed by atoms with E-state index in [1.807, 2.05) is 0 Å². The molecule has 0 radical (unpaired) electrons. The van der Waals surface area contributed by atoms with E-state index in [4.69, 9.17) is 34.0 Å². The zero-order valence-electron chi connectivity index (χ0n) is 6.24. The molecule has 0 fully saturated rings. The van der Waals surface area contributed by atoms with Crippen LogP contribution in [-0.4, -0.2) is 21.0 Å². The summed E-state index contributed by atoms with van der Waals surface area (Å²) in [5, 5.41) is 8.49. The summed E-state index contributed by atoms with van der Waals surface area (Å²) in [5.41, 5.74) is 5.32. The number of nitrogens with two attached hydrogens (primary N) is 1. The third-order valence-electron chi connectivity index (χ3n) is 1.36. The van der Waals surface area contributed by atoms with Crippen LogP contribution in [0.15, 0.2) is 6.33 Å². The van der Waals surface area contributed by atoms with E-state index >= 15 is 0 Å². The minimum Gasteiger partial charge on any atom is -0.480 e. The Labute approximate surface area is 83.5 Å². The topological polar surface area (TPSA) is 89.1 Å². The maximum atomic E-state index is 10.5. The van der Waals surface area contributed by atoms with Crippen molar-refractivity contribution in [2.45, 2.75) is 6.04 Å². The summed E-state index contributed by atoms with van der Waals surface area (Å²) >= 11 is 11.2. The Bertz CT molecular complexity index is 324. The zero-order chi connectivity index (χ0) is 10.0. The van der Waals surface area contributed by atoms with Crippen LogP contribution in [0.1, 0.15) is 11.6 Å². The minimum atomic E-state index is -1.30. The average molecular weight is 222 g/mol. The van der Waals surface area contributed by atoms with E-state index in [-0.39, 0.29) is 15.9 Å². The fraction of sp³-hybridized carbons (Fsp3) is 0.167. The predicted molar refractivity (Wildman–Crippen MR) is 46.6 cm³/mol. The van der Waals surface area contributed by atoms with Crippen LogP contribution in [0, 0.1) is 0 Å². The van der Waals surface area contributed by atoms with Gasteiger partial charge >= 0.3 is 5.97 Å². The molecule has 13 heavy (non-hydrogen) atoms. The molecule has 1 aromatic rings. The Morgan fingerprint density at radius 1 is 1.46 bits per heavy atom. The maximum absolute atomic E-state index is 10.5. The molecule has 1 rings (SSSR count). The quantitative estimate of drug-likeness (QED) is 0.724. The highest BCUT2D eigenvalue weighted by Crippen LogP contribution is 2.25. The van der Waals surface area contributed by atoms with E-state index < -0.39 is 12.0 Å². The first-order chi connectivity index (χ1) is 6.04. The number of aromatic nitrogens is 2. The first kappa shape index (κ1) is 10.2. The number of hydrogen-bond acceptors (Lipinski definition) is 4. The van der Waals surface area contributed by atoms with Gasteiger partial charge < -0.3 is 10.8 Å². The van der Waals surface area contributed by atoms with Gasteiger partial charge in [-0.1, -0.05) is 23.2 Å². The Hall–Kier alpha value is -0.910. The van der Waals surface area contributed by atoms with Crippen molar-refractivity contribution >= 4 is 29.2 Å². The summed E-state index contributed by atoms with van der Waals surface area (Å²) in [7, 11) is 0. The fourth-order valence-electron chi connectivity index (χ4n) is 0.735. The minimum absolute atomic E-state index is 0.0262. The van der Waals surface area contributed by atoms with Gasteiger partial charge in [0.15, 0.2) is 0 Å². The summed E-state index contributed by atoms with van der Waals surface area (Å²) in [5.74, 6) is -1.24. The van der Waals surface area contributed by atoms with Gasteiger partial charge in [0.05, 0.1) is 5.56 Å². The van der Waals surface area contributed by atoms with E-state index in [0.29, 0.717) is 0 Å². The standard InChI is InChI=1S/C6H5Cl2N3O2/c7-4-2(3(9)6(12)13)5(8)11-1-10-4/h1,3H,9H2,(H,12,13). The van der Waals surface area contributed by atoms with Gasteiger partial charge in [0.1, 0.15) is 22.7 Å². The zero-order valence-corrected chi connectivity index (χ0v) is 7.75. The van der Waals surface area contributed by atoms with Crippen molar-refractivity contribution < 1.29 is 9.90 Å². The molecule has 0 saturated carbocycles. The van der Waals surface area contributed by atoms with Crippen LogP contribution >= 0.6 is 23.2 Å². The van der Waals surface area contributed by atoms with E-state index in [2.05, 4.69) is 9.97 Å². The van der Waals surface area contributed by atoms with Gasteiger partial charge in [0.2, 0.25) is 0 Å². The molecule has 1 atom stereocenters. The van der Waals surface area contributed by atoms with E-state index in [0.717, 1.165) is 6.33 Å². The van der Waals surface area contributed by atoms with Gasteiger partial charge in [-0.25, -0.2) is 9.97 Å². The van der Waals surface area contributed by atoms with Crippen molar-refractivity contribution in [2.75, 3.05) is 0 Å². The number of carboxylic acid groups (broad SMARTS) is 1. The Kier molecular flexibility index (Phi) is 3.02. The number of halogens is 2. The molecular weight excluding hydrogens is 217 g/mol. The molecule has 0 bridgehead atoms. The van der Waals surface area contributed by atoms with Gasteiger partial charge in [-0.2, -0.15) is 0 Å². The molecule has 0 aliphatic carbocycles. The van der Waals surface area contributed by atoms with Crippen LogP contribution < -0.4 is 5.73 Å². The average Bonchev–Trinajstić information content (AvgIpc) is 2.03. The maximum Gasteiger partial charge on any atom is 0.325 e. The van der Waals surface area contributed by atoms with Gasteiger partial charge in [-0.3, -0.25) is 4.79 Å². The number of carbonyl (C=O) groups is 1. The fourth-order valence-corrected chi connectivity index (χ4v) is 1.28. The lowest BCUT2D eigenvalue weighted by atomic mass is 10.2. The number of rotatable bonds is 2. The molecule has 1 unspecified atom stereocenters. The molecule has 5 nitrogen and oxygen atoms in total. The van der Waals surface area contributed by atoms with Crippen LogP contribution in [0.4, 0.5) is 0 Å². The van der Waals surface area contributed by atoms with Gasteiger partial charge in [0.25, 0.3) is 0 Å². The first-order valence-electron chi connectivity index (χ1n) is 3.18. The molecule has 0 aliphatic rings. The Morgan fingerprint density at radius 2 is 1.92 bits per heavy atom. The predicted octanol–water partition coefficient (Wildman–Crippen LogP) is 0.868. The largest absolute Gasteiger partial charge is 0.480 e. The summed E-state index contributed by atoms with van der Waals surface area (Å²) in [4.78, 5) is 17.6. The highest BCUT2D eigenvalue weighted by atomic mass is 35.5. The van der Waals surface area contributed by atoms with E-state index in [1.54, 1.807) is 0 Å². The lowest BCUT2D eigenvalue weighted by Gasteiger charge is -2.08. The normalized spacial score (nSPS) is 12.5. The number of aliphatic carboxylic acids is 1. The highest BCUT2D eigenvalue weighted by molar-refractivity contribution is 6.34. The molecule has 0 spiro atoms. The van der Waals surface area contributed by atoms with Crippen molar-refractivity contribution in [2.24, 2.45) is 5.73 Å². The van der Waals surface area contributed by atoms with Crippen LogP contribution in [0.25, 0.3) is 0 Å². The van der Waals surface area contributed by atoms with Crippen molar-refractivity contribution in [1.29, 1.82) is 0 Å². The van der Waals surface area contributed by atoms with Gasteiger partial charge in [-0.15, -0.1) is 0 Å². The Morgan fingerprint density at radius 3 is 2.31 bits per heavy atom. The molecule has 3 N–H and O–H groups in total. The molecule has 0 aromatic carbocycles. The highest BCUT2D eigenvalue weighted by Gasteiger charge is 2.22. The first-order valence-corrected chi connectivity index (χ1v) is 3.94. The van der Waals surface area contributed by atoms with Gasteiger partial charge in [0, 0.05) is 0 Å². The SMILES string of the molecule is NC(C(=O)O)c1c(Cl)ncnc1Cl. The Balaban J connectivity index is 3.20. The third kappa shape index (κ3) is 2.06. The summed E-state index contributed by atoms with van der Waals surface area (Å²) in [6.07, 6.45) is 1.13. The molecule has 70 valence electrons.